The Balaban J connectivity index is 1.69. The number of hydrogen-bond acceptors (Lipinski definition) is 4. The molecular formula is C16H17N3O2S. The number of thiophene rings is 1. The Kier molecular flexibility index (Phi) is 5.85. The lowest BCUT2D eigenvalue weighted by Crippen LogP contribution is -2.26. The van der Waals surface area contributed by atoms with Crippen LogP contribution in [0.1, 0.15) is 17.0 Å². The molecule has 0 saturated heterocycles. The van der Waals surface area contributed by atoms with Gasteiger partial charge in [0, 0.05) is 29.6 Å². The van der Waals surface area contributed by atoms with Gasteiger partial charge in [-0.3, -0.25) is 9.59 Å². The van der Waals surface area contributed by atoms with Crippen molar-refractivity contribution in [3.63, 3.8) is 0 Å². The van der Waals surface area contributed by atoms with Crippen molar-refractivity contribution < 1.29 is 9.59 Å². The molecule has 2 N–H and O–H groups in total. The average molecular weight is 315 g/mol. The molecule has 0 radical (unpaired) electrons. The summed E-state index contributed by atoms with van der Waals surface area (Å²) < 4.78 is 0. The molecule has 0 aliphatic rings. The van der Waals surface area contributed by atoms with Crippen molar-refractivity contribution in [1.82, 2.24) is 10.3 Å². The van der Waals surface area contributed by atoms with Crippen LogP contribution in [0.25, 0.3) is 6.08 Å². The second kappa shape index (κ2) is 8.09. The molecule has 0 atom stereocenters. The summed E-state index contributed by atoms with van der Waals surface area (Å²) in [4.78, 5) is 28.5. The van der Waals surface area contributed by atoms with Crippen LogP contribution in [0.5, 0.6) is 0 Å². The number of carbonyl (C=O) groups excluding carboxylic acids is 2. The number of aromatic nitrogens is 1. The summed E-state index contributed by atoms with van der Waals surface area (Å²) in [5.41, 5.74) is 0.838. The van der Waals surface area contributed by atoms with Crippen LogP contribution in [-0.4, -0.2) is 23.3 Å². The normalized spacial score (nSPS) is 10.6. The van der Waals surface area contributed by atoms with Crippen LogP contribution >= 0.6 is 11.3 Å². The minimum absolute atomic E-state index is 0.180. The van der Waals surface area contributed by atoms with E-state index < -0.39 is 0 Å². The second-order valence-electron chi connectivity index (χ2n) is 4.60. The summed E-state index contributed by atoms with van der Waals surface area (Å²) in [5, 5.41) is 7.31. The van der Waals surface area contributed by atoms with E-state index in [1.807, 2.05) is 36.6 Å². The smallest absolute Gasteiger partial charge is 0.244 e. The van der Waals surface area contributed by atoms with Gasteiger partial charge in [0.05, 0.1) is 0 Å². The van der Waals surface area contributed by atoms with Crippen molar-refractivity contribution >= 4 is 35.0 Å². The zero-order valence-corrected chi connectivity index (χ0v) is 13.0. The highest BCUT2D eigenvalue weighted by Crippen LogP contribution is 2.09. The Labute approximate surface area is 133 Å². The third-order valence-electron chi connectivity index (χ3n) is 2.75. The molecular weight excluding hydrogens is 298 g/mol. The minimum atomic E-state index is -0.213. The molecule has 5 nitrogen and oxygen atoms in total. The van der Waals surface area contributed by atoms with Gasteiger partial charge in [0.25, 0.3) is 0 Å². The highest BCUT2D eigenvalue weighted by atomic mass is 32.1. The second-order valence-corrected chi connectivity index (χ2v) is 5.58. The van der Waals surface area contributed by atoms with E-state index in [9.17, 15) is 9.59 Å². The van der Waals surface area contributed by atoms with Crippen LogP contribution in [-0.2, 0) is 9.59 Å². The highest BCUT2D eigenvalue weighted by molar-refractivity contribution is 7.10. The number of amides is 2. The van der Waals surface area contributed by atoms with Gasteiger partial charge in [-0.05, 0) is 36.6 Å². The Bertz CT molecular complexity index is 666. The highest BCUT2D eigenvalue weighted by Gasteiger charge is 2.04. The molecule has 6 heteroatoms. The maximum Gasteiger partial charge on any atom is 0.244 e. The van der Waals surface area contributed by atoms with Crippen molar-refractivity contribution in [1.29, 1.82) is 0 Å². The molecule has 0 fully saturated rings. The fourth-order valence-electron chi connectivity index (χ4n) is 1.72. The summed E-state index contributed by atoms with van der Waals surface area (Å²) in [7, 11) is 0. The quantitative estimate of drug-likeness (QED) is 0.805. The Morgan fingerprint density at radius 2 is 2.14 bits per heavy atom. The van der Waals surface area contributed by atoms with E-state index in [0.717, 1.165) is 10.6 Å². The Morgan fingerprint density at radius 3 is 2.86 bits per heavy atom. The lowest BCUT2D eigenvalue weighted by molar-refractivity contribution is -0.117. The molecule has 0 aliphatic carbocycles. The molecule has 114 valence electrons. The van der Waals surface area contributed by atoms with Crippen LogP contribution in [0.2, 0.25) is 0 Å². The third-order valence-corrected chi connectivity index (χ3v) is 3.59. The van der Waals surface area contributed by atoms with Crippen molar-refractivity contribution in [3.8, 4) is 0 Å². The van der Waals surface area contributed by atoms with E-state index >= 15 is 0 Å². The van der Waals surface area contributed by atoms with Crippen molar-refractivity contribution in [2.24, 2.45) is 0 Å². The number of nitrogens with one attached hydrogen (secondary N) is 2. The molecule has 2 rings (SSSR count). The first-order valence-corrected chi connectivity index (χ1v) is 7.74. The summed E-state index contributed by atoms with van der Waals surface area (Å²) in [6.45, 7) is 2.14. The first-order valence-electron chi connectivity index (χ1n) is 6.86. The zero-order chi connectivity index (χ0) is 15.8. The molecule has 2 heterocycles. The summed E-state index contributed by atoms with van der Waals surface area (Å²) in [6, 6.07) is 9.26. The number of anilines is 1. The zero-order valence-electron chi connectivity index (χ0n) is 12.2. The van der Waals surface area contributed by atoms with Gasteiger partial charge in [0.15, 0.2) is 0 Å². The van der Waals surface area contributed by atoms with Crippen LogP contribution in [0.4, 0.5) is 5.82 Å². The summed E-state index contributed by atoms with van der Waals surface area (Å²) in [6.07, 6.45) is 3.41. The summed E-state index contributed by atoms with van der Waals surface area (Å²) >= 11 is 1.56. The van der Waals surface area contributed by atoms with Crippen LogP contribution < -0.4 is 10.6 Å². The topological polar surface area (TPSA) is 71.1 Å². The van der Waals surface area contributed by atoms with Gasteiger partial charge >= 0.3 is 0 Å². The largest absolute Gasteiger partial charge is 0.352 e. The lowest BCUT2D eigenvalue weighted by Gasteiger charge is -2.05. The number of hydrogen-bond donors (Lipinski definition) is 2. The van der Waals surface area contributed by atoms with E-state index in [4.69, 9.17) is 0 Å². The predicted octanol–water partition coefficient (Wildman–Crippen LogP) is 2.61. The van der Waals surface area contributed by atoms with Crippen LogP contribution in [0.15, 0.2) is 41.8 Å². The number of carbonyl (C=O) groups is 2. The molecule has 2 aromatic rings. The fraction of sp³-hybridized carbons (Fsp3) is 0.188. The Hall–Kier alpha value is -2.47. The van der Waals surface area contributed by atoms with E-state index in [2.05, 4.69) is 15.6 Å². The molecule has 0 bridgehead atoms. The first kappa shape index (κ1) is 15.9. The average Bonchev–Trinajstić information content (AvgIpc) is 2.98. The lowest BCUT2D eigenvalue weighted by atomic mass is 10.3. The van der Waals surface area contributed by atoms with E-state index in [-0.39, 0.29) is 24.8 Å². The van der Waals surface area contributed by atoms with Gasteiger partial charge in [-0.25, -0.2) is 4.98 Å². The number of rotatable bonds is 6. The van der Waals surface area contributed by atoms with Gasteiger partial charge in [-0.15, -0.1) is 11.3 Å². The molecule has 22 heavy (non-hydrogen) atoms. The van der Waals surface area contributed by atoms with E-state index in [0.29, 0.717) is 5.82 Å². The monoisotopic (exact) mass is 315 g/mol. The molecule has 0 aliphatic heterocycles. The van der Waals surface area contributed by atoms with Crippen molar-refractivity contribution in [3.05, 3.63) is 52.4 Å². The van der Waals surface area contributed by atoms with Gasteiger partial charge in [-0.2, -0.15) is 0 Å². The molecule has 0 aromatic carbocycles. The standard InChI is InChI=1S/C16H17N3O2S/c1-12-4-2-6-14(18-12)19-16(21)9-10-17-15(20)8-7-13-5-3-11-22-13/h2-8,11H,9-10H2,1H3,(H,17,20)(H,18,19,21)/b8-7+. The molecule has 0 saturated carbocycles. The van der Waals surface area contributed by atoms with E-state index in [1.54, 1.807) is 23.5 Å². The third kappa shape index (κ3) is 5.49. The number of pyridine rings is 1. The summed E-state index contributed by atoms with van der Waals surface area (Å²) in [5.74, 6) is 0.129. The van der Waals surface area contributed by atoms with Gasteiger partial charge < -0.3 is 10.6 Å². The van der Waals surface area contributed by atoms with Gasteiger partial charge in [-0.1, -0.05) is 12.1 Å². The van der Waals surface area contributed by atoms with Gasteiger partial charge in [0.1, 0.15) is 5.82 Å². The predicted molar refractivity (Wildman–Crippen MR) is 88.6 cm³/mol. The maximum atomic E-state index is 11.7. The minimum Gasteiger partial charge on any atom is -0.352 e. The SMILES string of the molecule is Cc1cccc(NC(=O)CCNC(=O)/C=C/c2cccs2)n1. The van der Waals surface area contributed by atoms with Crippen molar-refractivity contribution in [2.75, 3.05) is 11.9 Å². The van der Waals surface area contributed by atoms with Crippen LogP contribution in [0.3, 0.4) is 0 Å². The van der Waals surface area contributed by atoms with Crippen LogP contribution in [0, 0.1) is 6.92 Å². The number of nitrogens with zero attached hydrogens (tertiary/aromatic N) is 1. The van der Waals surface area contributed by atoms with Crippen molar-refractivity contribution in [2.45, 2.75) is 13.3 Å². The molecule has 2 amide bonds. The first-order chi connectivity index (χ1) is 10.6. The molecule has 0 spiro atoms. The number of aryl methyl sites for hydroxylation is 1. The molecule has 0 unspecified atom stereocenters. The van der Waals surface area contributed by atoms with E-state index in [1.165, 1.54) is 6.08 Å². The van der Waals surface area contributed by atoms with Gasteiger partial charge in [0.2, 0.25) is 11.8 Å². The Morgan fingerprint density at radius 1 is 1.27 bits per heavy atom. The maximum absolute atomic E-state index is 11.7. The molecule has 2 aromatic heterocycles. The fourth-order valence-corrected chi connectivity index (χ4v) is 2.34.